The summed E-state index contributed by atoms with van der Waals surface area (Å²) in [5, 5.41) is 12.3. The molecule has 54 heavy (non-hydrogen) atoms. The predicted octanol–water partition coefficient (Wildman–Crippen LogP) is 8.16. The Labute approximate surface area is 316 Å². The lowest BCUT2D eigenvalue weighted by Crippen LogP contribution is -2.50. The van der Waals surface area contributed by atoms with E-state index in [0.717, 1.165) is 65.9 Å². The third-order valence-electron chi connectivity index (χ3n) is 11.9. The van der Waals surface area contributed by atoms with Gasteiger partial charge in [-0.3, -0.25) is 9.59 Å². The second kappa shape index (κ2) is 14.4. The minimum Gasteiger partial charge on any atom is -0.374 e. The first-order chi connectivity index (χ1) is 26.6. The number of carbonyl (C=O) groups is 2. The van der Waals surface area contributed by atoms with Crippen LogP contribution in [0.3, 0.4) is 0 Å². The number of nitrogens with zero attached hydrogens (tertiary/aromatic N) is 4. The third-order valence-corrected chi connectivity index (χ3v) is 11.9. The van der Waals surface area contributed by atoms with E-state index in [2.05, 4.69) is 111 Å². The molecule has 2 amide bonds. The molecule has 9 rings (SSSR count). The molecule has 0 bridgehead atoms. The number of rotatable bonds is 8. The molecule has 270 valence electrons. The van der Waals surface area contributed by atoms with E-state index in [0.29, 0.717) is 12.1 Å². The fraction of sp³-hybridized carbons (Fsp3) is 0.261. The van der Waals surface area contributed by atoms with Crippen molar-refractivity contribution < 1.29 is 9.59 Å². The van der Waals surface area contributed by atoms with Crippen LogP contribution in [0.4, 0.5) is 5.69 Å². The van der Waals surface area contributed by atoms with Crippen LogP contribution in [0.25, 0.3) is 0 Å². The molecule has 5 atom stereocenters. The standard InChI is InChI=1S/C46H44N6O2/c53-44(32-17-5-1-6-18-32)50-40-28-16-14-26-37(40)45(54)51-30-29-38-41(49-39-27-15-13-25-36(39)42(38)51)43-47-31-48-52(43)46(33-19-7-2-8-20-33,34-21-9-3-10-22-34)35-23-11-4-12-24-35/h1-13,15,17-25,27,31,37-38,40-42,49H,14,16,26,28-30H2,(H,50,53)/t37-,38-,40+,41-,42+/m0/s1. The lowest BCUT2D eigenvalue weighted by molar-refractivity contribution is -0.138. The van der Waals surface area contributed by atoms with Gasteiger partial charge in [-0.1, -0.05) is 140 Å². The van der Waals surface area contributed by atoms with Crippen molar-refractivity contribution in [2.75, 3.05) is 11.9 Å². The average molecular weight is 713 g/mol. The Hall–Kier alpha value is -6.02. The van der Waals surface area contributed by atoms with E-state index in [1.807, 2.05) is 54.6 Å². The molecular formula is C46H44N6O2. The van der Waals surface area contributed by atoms with Crippen molar-refractivity contribution in [1.29, 1.82) is 0 Å². The monoisotopic (exact) mass is 712 g/mol. The Morgan fingerprint density at radius 1 is 0.685 bits per heavy atom. The fourth-order valence-electron chi connectivity index (χ4n) is 9.51. The summed E-state index contributed by atoms with van der Waals surface area (Å²) in [6.45, 7) is 0.631. The highest BCUT2D eigenvalue weighted by Crippen LogP contribution is 2.53. The van der Waals surface area contributed by atoms with Crippen LogP contribution in [0.15, 0.2) is 152 Å². The van der Waals surface area contributed by atoms with Gasteiger partial charge >= 0.3 is 0 Å². The van der Waals surface area contributed by atoms with E-state index in [9.17, 15) is 9.59 Å². The van der Waals surface area contributed by atoms with Crippen LogP contribution in [0.5, 0.6) is 0 Å². The van der Waals surface area contributed by atoms with Crippen LogP contribution >= 0.6 is 0 Å². The minimum absolute atomic E-state index is 0.0350. The van der Waals surface area contributed by atoms with Gasteiger partial charge in [-0.25, -0.2) is 9.67 Å². The zero-order valence-electron chi connectivity index (χ0n) is 30.2. The van der Waals surface area contributed by atoms with Crippen LogP contribution < -0.4 is 10.6 Å². The van der Waals surface area contributed by atoms with Gasteiger partial charge in [-0.05, 0) is 59.7 Å². The highest BCUT2D eigenvalue weighted by molar-refractivity contribution is 5.95. The van der Waals surface area contributed by atoms with E-state index in [4.69, 9.17) is 10.1 Å². The molecule has 0 unspecified atom stereocenters. The first kappa shape index (κ1) is 33.8. The van der Waals surface area contributed by atoms with Crippen molar-refractivity contribution >= 4 is 17.5 Å². The lowest BCUT2D eigenvalue weighted by atomic mass is 9.76. The molecule has 1 saturated heterocycles. The largest absolute Gasteiger partial charge is 0.374 e. The molecule has 3 aliphatic rings. The molecule has 2 N–H and O–H groups in total. The van der Waals surface area contributed by atoms with Gasteiger partial charge in [0, 0.05) is 29.8 Å². The van der Waals surface area contributed by atoms with E-state index in [1.165, 1.54) is 0 Å². The number of hydrogen-bond donors (Lipinski definition) is 2. The molecule has 8 heteroatoms. The normalized spacial score (nSPS) is 22.1. The number of hydrogen-bond acceptors (Lipinski definition) is 5. The first-order valence-electron chi connectivity index (χ1n) is 19.2. The maximum Gasteiger partial charge on any atom is 0.251 e. The van der Waals surface area contributed by atoms with Crippen molar-refractivity contribution in [3.63, 3.8) is 0 Å². The second-order valence-electron chi connectivity index (χ2n) is 14.8. The second-order valence-corrected chi connectivity index (χ2v) is 14.8. The molecule has 3 heterocycles. The van der Waals surface area contributed by atoms with Crippen LogP contribution in [0.2, 0.25) is 0 Å². The number of nitrogens with one attached hydrogen (secondary N) is 2. The van der Waals surface area contributed by atoms with Crippen LogP contribution in [0, 0.1) is 11.8 Å². The van der Waals surface area contributed by atoms with Crippen molar-refractivity contribution in [3.8, 4) is 0 Å². The van der Waals surface area contributed by atoms with Gasteiger partial charge in [-0.15, -0.1) is 0 Å². The van der Waals surface area contributed by atoms with E-state index in [1.54, 1.807) is 6.33 Å². The zero-order valence-corrected chi connectivity index (χ0v) is 30.2. The lowest BCUT2D eigenvalue weighted by Gasteiger charge is -2.43. The number of para-hydroxylation sites is 1. The summed E-state index contributed by atoms with van der Waals surface area (Å²) in [7, 11) is 0. The maximum absolute atomic E-state index is 14.9. The molecule has 6 aromatic rings. The summed E-state index contributed by atoms with van der Waals surface area (Å²) in [5.41, 5.74) is 5.14. The average Bonchev–Trinajstić information content (AvgIpc) is 3.92. The molecule has 2 fully saturated rings. The van der Waals surface area contributed by atoms with Crippen LogP contribution in [0.1, 0.15) is 82.6 Å². The molecule has 5 aromatic carbocycles. The molecule has 1 aliphatic carbocycles. The first-order valence-corrected chi connectivity index (χ1v) is 19.2. The molecule has 1 saturated carbocycles. The van der Waals surface area contributed by atoms with Gasteiger partial charge in [0.25, 0.3) is 5.91 Å². The van der Waals surface area contributed by atoms with E-state index >= 15 is 0 Å². The van der Waals surface area contributed by atoms with Gasteiger partial charge in [0.15, 0.2) is 5.82 Å². The molecular weight excluding hydrogens is 669 g/mol. The molecule has 0 spiro atoms. The number of amides is 2. The number of benzene rings is 5. The van der Waals surface area contributed by atoms with Crippen LogP contribution in [-0.4, -0.2) is 44.1 Å². The van der Waals surface area contributed by atoms with Crippen molar-refractivity contribution in [1.82, 2.24) is 25.0 Å². The smallest absolute Gasteiger partial charge is 0.251 e. The Kier molecular flexibility index (Phi) is 9.03. The van der Waals surface area contributed by atoms with Gasteiger partial charge in [0.2, 0.25) is 5.91 Å². The Morgan fingerprint density at radius 2 is 1.26 bits per heavy atom. The number of likely N-dealkylation sites (tertiary alicyclic amines) is 1. The zero-order chi connectivity index (χ0) is 36.5. The Bertz CT molecular complexity index is 2130. The van der Waals surface area contributed by atoms with E-state index < -0.39 is 5.54 Å². The summed E-state index contributed by atoms with van der Waals surface area (Å²) >= 11 is 0. The van der Waals surface area contributed by atoms with Gasteiger partial charge in [0.1, 0.15) is 11.9 Å². The number of carbonyl (C=O) groups excluding carboxylic acids is 2. The predicted molar refractivity (Wildman–Crippen MR) is 210 cm³/mol. The summed E-state index contributed by atoms with van der Waals surface area (Å²) < 4.78 is 2.12. The number of aromatic nitrogens is 3. The number of anilines is 1. The topological polar surface area (TPSA) is 92.2 Å². The Morgan fingerprint density at radius 3 is 1.91 bits per heavy atom. The summed E-state index contributed by atoms with van der Waals surface area (Å²) in [4.78, 5) is 35.4. The van der Waals surface area contributed by atoms with Crippen molar-refractivity contribution in [2.24, 2.45) is 11.8 Å². The Balaban J connectivity index is 1.12. The van der Waals surface area contributed by atoms with Gasteiger partial charge < -0.3 is 15.5 Å². The van der Waals surface area contributed by atoms with Crippen molar-refractivity contribution in [2.45, 2.75) is 55.8 Å². The summed E-state index contributed by atoms with van der Waals surface area (Å²) in [6.07, 6.45) is 6.00. The quantitative estimate of drug-likeness (QED) is 0.156. The molecule has 1 aromatic heterocycles. The number of fused-ring (bicyclic) bond motifs is 3. The fourth-order valence-corrected chi connectivity index (χ4v) is 9.51. The minimum atomic E-state index is -0.829. The van der Waals surface area contributed by atoms with Gasteiger partial charge in [-0.2, -0.15) is 5.10 Å². The SMILES string of the molecule is O=C(N[C@@H]1CCCC[C@@H]1C(=O)N1CC[C@H]2[C@@H](c3ncnn3C(c3ccccc3)(c3ccccc3)c3ccccc3)Nc3ccccc3[C@H]21)c1ccccc1. The van der Waals surface area contributed by atoms with E-state index in [-0.39, 0.29) is 41.8 Å². The highest BCUT2D eigenvalue weighted by atomic mass is 16.2. The summed E-state index contributed by atoms with van der Waals surface area (Å²) in [6, 6.07) is 48.8. The summed E-state index contributed by atoms with van der Waals surface area (Å²) in [5.74, 6) is 0.578. The maximum atomic E-state index is 14.9. The van der Waals surface area contributed by atoms with Crippen LogP contribution in [-0.2, 0) is 10.3 Å². The van der Waals surface area contributed by atoms with Crippen molar-refractivity contribution in [3.05, 3.63) is 186 Å². The van der Waals surface area contributed by atoms with Gasteiger partial charge in [0.05, 0.1) is 18.0 Å². The highest BCUT2D eigenvalue weighted by Gasteiger charge is 2.51. The molecule has 0 radical (unpaired) electrons. The molecule has 8 nitrogen and oxygen atoms in total. The third kappa shape index (κ3) is 5.77. The molecule has 2 aliphatic heterocycles.